The summed E-state index contributed by atoms with van der Waals surface area (Å²) < 4.78 is 46.0. The number of nitrogens with zero attached hydrogens (tertiary/aromatic N) is 2. The van der Waals surface area contributed by atoms with Crippen LogP contribution >= 0.6 is 0 Å². The molecule has 8 heteroatoms. The molecule has 0 amide bonds. The summed E-state index contributed by atoms with van der Waals surface area (Å²) in [5.74, 6) is 0.701. The molecule has 5 nitrogen and oxygen atoms in total. The van der Waals surface area contributed by atoms with Crippen molar-refractivity contribution in [3.05, 3.63) is 63.7 Å². The fraction of sp³-hybridized carbons (Fsp3) is 0.238. The lowest BCUT2D eigenvalue weighted by Crippen LogP contribution is -2.21. The van der Waals surface area contributed by atoms with E-state index in [1.54, 1.807) is 25.1 Å². The SMILES string of the molecule is CCOc1cc(/C=C2\CCn3c2nc2cc(C(F)(F)F)ccc2c3=O)ccc1O. The van der Waals surface area contributed by atoms with Gasteiger partial charge in [-0.25, -0.2) is 4.98 Å². The van der Waals surface area contributed by atoms with Crippen molar-refractivity contribution in [2.45, 2.75) is 26.1 Å². The van der Waals surface area contributed by atoms with Crippen LogP contribution in [0.2, 0.25) is 0 Å². The van der Waals surface area contributed by atoms with Crippen LogP contribution in [0.25, 0.3) is 22.6 Å². The summed E-state index contributed by atoms with van der Waals surface area (Å²) in [6.07, 6.45) is -2.19. The van der Waals surface area contributed by atoms with Gasteiger partial charge in [-0.2, -0.15) is 13.2 Å². The van der Waals surface area contributed by atoms with Gasteiger partial charge in [-0.05, 0) is 60.9 Å². The number of benzene rings is 2. The van der Waals surface area contributed by atoms with Crippen LogP contribution in [-0.2, 0) is 12.7 Å². The molecule has 0 radical (unpaired) electrons. The summed E-state index contributed by atoms with van der Waals surface area (Å²) in [7, 11) is 0. The lowest BCUT2D eigenvalue weighted by atomic mass is 10.1. The fourth-order valence-corrected chi connectivity index (χ4v) is 3.42. The molecule has 0 atom stereocenters. The molecule has 4 rings (SSSR count). The number of fused-ring (bicyclic) bond motifs is 2. The zero-order chi connectivity index (χ0) is 20.8. The predicted octanol–water partition coefficient (Wildman–Crippen LogP) is 4.46. The lowest BCUT2D eigenvalue weighted by molar-refractivity contribution is -0.137. The van der Waals surface area contributed by atoms with Crippen LogP contribution in [0.1, 0.15) is 30.3 Å². The molecule has 0 unspecified atom stereocenters. The number of allylic oxidation sites excluding steroid dienone is 1. The molecule has 3 aromatic rings. The summed E-state index contributed by atoms with van der Waals surface area (Å²) in [6, 6.07) is 7.83. The Labute approximate surface area is 163 Å². The third-order valence-electron chi connectivity index (χ3n) is 4.80. The number of hydrogen-bond donors (Lipinski definition) is 1. The van der Waals surface area contributed by atoms with Gasteiger partial charge in [-0.1, -0.05) is 6.07 Å². The minimum absolute atomic E-state index is 0.0147. The summed E-state index contributed by atoms with van der Waals surface area (Å²) in [4.78, 5) is 17.1. The quantitative estimate of drug-likeness (QED) is 0.702. The van der Waals surface area contributed by atoms with Gasteiger partial charge in [0, 0.05) is 6.54 Å². The van der Waals surface area contributed by atoms with Crippen molar-refractivity contribution in [3.63, 3.8) is 0 Å². The van der Waals surface area contributed by atoms with E-state index in [0.29, 0.717) is 31.1 Å². The Balaban J connectivity index is 1.83. The van der Waals surface area contributed by atoms with Crippen LogP contribution in [0.5, 0.6) is 11.5 Å². The smallest absolute Gasteiger partial charge is 0.416 e. The predicted molar refractivity (Wildman–Crippen MR) is 103 cm³/mol. The van der Waals surface area contributed by atoms with E-state index in [-0.39, 0.29) is 22.2 Å². The molecule has 0 saturated carbocycles. The monoisotopic (exact) mass is 402 g/mol. The zero-order valence-electron chi connectivity index (χ0n) is 15.5. The van der Waals surface area contributed by atoms with E-state index in [9.17, 15) is 23.1 Å². The Kier molecular flexibility index (Phi) is 4.56. The molecule has 29 heavy (non-hydrogen) atoms. The molecular weight excluding hydrogens is 385 g/mol. The van der Waals surface area contributed by atoms with Crippen molar-refractivity contribution < 1.29 is 23.0 Å². The lowest BCUT2D eigenvalue weighted by Gasteiger charge is -2.10. The number of phenolic OH excluding ortho intramolecular Hbond substituents is 1. The average Bonchev–Trinajstić information content (AvgIpc) is 3.06. The fourth-order valence-electron chi connectivity index (χ4n) is 3.42. The third-order valence-corrected chi connectivity index (χ3v) is 4.80. The Morgan fingerprint density at radius 2 is 2.03 bits per heavy atom. The van der Waals surface area contributed by atoms with Gasteiger partial charge in [0.05, 0.1) is 23.1 Å². The van der Waals surface area contributed by atoms with Crippen LogP contribution in [0.4, 0.5) is 13.2 Å². The molecule has 0 saturated heterocycles. The second-order valence-electron chi connectivity index (χ2n) is 6.70. The van der Waals surface area contributed by atoms with Gasteiger partial charge < -0.3 is 9.84 Å². The standard InChI is InChI=1S/C21H17F3N2O3/c1-2-29-18-10-12(3-6-17(18)27)9-13-7-8-26-19(13)25-16-11-14(21(22,23)24)4-5-15(16)20(26)28/h3-6,9-11,27H,2,7-8H2,1H3/b13-9+. The van der Waals surface area contributed by atoms with Gasteiger partial charge in [-0.15, -0.1) is 0 Å². The first-order valence-corrected chi connectivity index (χ1v) is 9.06. The Bertz CT molecular complexity index is 1200. The van der Waals surface area contributed by atoms with E-state index in [2.05, 4.69) is 4.98 Å². The molecule has 1 aliphatic rings. The highest BCUT2D eigenvalue weighted by Crippen LogP contribution is 2.33. The minimum atomic E-state index is -4.51. The molecule has 0 fully saturated rings. The number of aromatic nitrogens is 2. The Morgan fingerprint density at radius 1 is 1.24 bits per heavy atom. The third kappa shape index (κ3) is 3.46. The first-order chi connectivity index (χ1) is 13.8. The van der Waals surface area contributed by atoms with Gasteiger partial charge in [0.25, 0.3) is 5.56 Å². The van der Waals surface area contributed by atoms with Gasteiger partial charge in [0.15, 0.2) is 11.5 Å². The first-order valence-electron chi connectivity index (χ1n) is 9.06. The van der Waals surface area contributed by atoms with E-state index in [1.807, 2.05) is 0 Å². The highest BCUT2D eigenvalue weighted by molar-refractivity contribution is 5.85. The molecule has 0 spiro atoms. The van der Waals surface area contributed by atoms with Gasteiger partial charge in [0.1, 0.15) is 5.82 Å². The van der Waals surface area contributed by atoms with E-state index in [4.69, 9.17) is 4.74 Å². The maximum Gasteiger partial charge on any atom is 0.416 e. The molecule has 0 bridgehead atoms. The topological polar surface area (TPSA) is 64.4 Å². The average molecular weight is 402 g/mol. The van der Waals surface area contributed by atoms with Crippen LogP contribution in [0, 0.1) is 0 Å². The number of ether oxygens (including phenoxy) is 1. The molecule has 2 heterocycles. The van der Waals surface area contributed by atoms with Crippen molar-refractivity contribution in [2.24, 2.45) is 0 Å². The number of phenols is 1. The summed E-state index contributed by atoms with van der Waals surface area (Å²) >= 11 is 0. The summed E-state index contributed by atoms with van der Waals surface area (Å²) in [6.45, 7) is 2.59. The summed E-state index contributed by atoms with van der Waals surface area (Å²) in [5.41, 5.74) is 0.278. The number of halogens is 3. The van der Waals surface area contributed by atoms with Crippen LogP contribution in [0.15, 0.2) is 41.2 Å². The molecule has 1 N–H and O–H groups in total. The van der Waals surface area contributed by atoms with Crippen molar-refractivity contribution >= 4 is 22.6 Å². The van der Waals surface area contributed by atoms with Crippen molar-refractivity contribution in [2.75, 3.05) is 6.61 Å². The summed E-state index contributed by atoms with van der Waals surface area (Å²) in [5, 5.41) is 9.99. The molecule has 1 aromatic heterocycles. The highest BCUT2D eigenvalue weighted by atomic mass is 19.4. The second-order valence-corrected chi connectivity index (χ2v) is 6.70. The van der Waals surface area contributed by atoms with Gasteiger partial charge >= 0.3 is 6.18 Å². The maximum atomic E-state index is 13.0. The van der Waals surface area contributed by atoms with Crippen LogP contribution < -0.4 is 10.3 Å². The molecule has 1 aliphatic heterocycles. The Hall–Kier alpha value is -3.29. The number of hydrogen-bond acceptors (Lipinski definition) is 4. The van der Waals surface area contributed by atoms with Gasteiger partial charge in [-0.3, -0.25) is 9.36 Å². The molecular formula is C21H17F3N2O3. The van der Waals surface area contributed by atoms with E-state index >= 15 is 0 Å². The zero-order valence-corrected chi connectivity index (χ0v) is 15.5. The van der Waals surface area contributed by atoms with Crippen molar-refractivity contribution in [1.82, 2.24) is 9.55 Å². The largest absolute Gasteiger partial charge is 0.504 e. The molecule has 150 valence electrons. The molecule has 2 aromatic carbocycles. The van der Waals surface area contributed by atoms with Crippen LogP contribution in [-0.4, -0.2) is 21.3 Å². The maximum absolute atomic E-state index is 13.0. The number of alkyl halides is 3. The molecule has 0 aliphatic carbocycles. The van der Waals surface area contributed by atoms with E-state index < -0.39 is 11.7 Å². The van der Waals surface area contributed by atoms with Gasteiger partial charge in [0.2, 0.25) is 0 Å². The highest BCUT2D eigenvalue weighted by Gasteiger charge is 2.31. The van der Waals surface area contributed by atoms with E-state index in [0.717, 1.165) is 23.3 Å². The second kappa shape index (κ2) is 6.95. The van der Waals surface area contributed by atoms with Crippen LogP contribution in [0.3, 0.4) is 0 Å². The normalized spacial score (nSPS) is 15.1. The minimum Gasteiger partial charge on any atom is -0.504 e. The Morgan fingerprint density at radius 3 is 2.76 bits per heavy atom. The van der Waals surface area contributed by atoms with E-state index in [1.165, 1.54) is 16.7 Å². The van der Waals surface area contributed by atoms with Crippen molar-refractivity contribution in [1.29, 1.82) is 0 Å². The number of aromatic hydroxyl groups is 1. The van der Waals surface area contributed by atoms with Crippen molar-refractivity contribution in [3.8, 4) is 11.5 Å². The number of rotatable bonds is 3. The first kappa shape index (κ1) is 19.0.